The quantitative estimate of drug-likeness (QED) is 0.526. The molecule has 0 saturated carbocycles. The number of rotatable bonds is 5. The molecule has 30 heavy (non-hydrogen) atoms. The van der Waals surface area contributed by atoms with E-state index in [2.05, 4.69) is 0 Å². The van der Waals surface area contributed by atoms with Crippen molar-refractivity contribution in [3.8, 4) is 11.5 Å². The van der Waals surface area contributed by atoms with Crippen molar-refractivity contribution in [1.29, 1.82) is 0 Å². The number of halogens is 1. The lowest BCUT2D eigenvalue weighted by Gasteiger charge is -2.13. The molecule has 1 aliphatic heterocycles. The van der Waals surface area contributed by atoms with Crippen molar-refractivity contribution in [2.45, 2.75) is 6.54 Å². The fourth-order valence-corrected chi connectivity index (χ4v) is 4.12. The number of thioether (sulfide) groups is 1. The maximum absolute atomic E-state index is 13.1. The monoisotopic (exact) mass is 423 g/mol. The summed E-state index contributed by atoms with van der Waals surface area (Å²) in [6.45, 7) is 0.0861. The van der Waals surface area contributed by atoms with Crippen LogP contribution in [0, 0.1) is 5.82 Å². The first-order chi connectivity index (χ1) is 14.5. The number of benzene rings is 3. The molecule has 5 nitrogen and oxygen atoms in total. The molecule has 7 heteroatoms. The van der Waals surface area contributed by atoms with Gasteiger partial charge in [-0.05, 0) is 64.5 Å². The van der Waals surface area contributed by atoms with Gasteiger partial charge in [0.1, 0.15) is 17.3 Å². The van der Waals surface area contributed by atoms with E-state index in [0.717, 1.165) is 27.4 Å². The molecule has 0 spiro atoms. The van der Waals surface area contributed by atoms with E-state index < -0.39 is 5.91 Å². The van der Waals surface area contributed by atoms with E-state index in [1.54, 1.807) is 32.4 Å². The molecule has 3 aromatic carbocycles. The van der Waals surface area contributed by atoms with E-state index in [1.165, 1.54) is 12.1 Å². The van der Waals surface area contributed by atoms with Gasteiger partial charge < -0.3 is 9.47 Å². The van der Waals surface area contributed by atoms with E-state index in [9.17, 15) is 14.0 Å². The molecule has 0 aromatic heterocycles. The van der Waals surface area contributed by atoms with Crippen molar-refractivity contribution >= 4 is 39.8 Å². The second-order valence-electron chi connectivity index (χ2n) is 6.66. The number of amides is 2. The minimum Gasteiger partial charge on any atom is -0.497 e. The lowest BCUT2D eigenvalue weighted by molar-refractivity contribution is -0.123. The molecule has 1 heterocycles. The summed E-state index contributed by atoms with van der Waals surface area (Å²) < 4.78 is 24.0. The van der Waals surface area contributed by atoms with Crippen LogP contribution in [0.3, 0.4) is 0 Å². The van der Waals surface area contributed by atoms with Crippen molar-refractivity contribution in [1.82, 2.24) is 4.90 Å². The molecule has 1 fully saturated rings. The third-order valence-corrected chi connectivity index (χ3v) is 5.76. The number of hydrogen-bond acceptors (Lipinski definition) is 5. The van der Waals surface area contributed by atoms with Crippen LogP contribution < -0.4 is 9.47 Å². The van der Waals surface area contributed by atoms with Crippen LogP contribution in [0.25, 0.3) is 16.8 Å². The Labute approximate surface area is 177 Å². The molecular weight excluding hydrogens is 405 g/mol. The number of imide groups is 1. The summed E-state index contributed by atoms with van der Waals surface area (Å²) in [7, 11) is 3.14. The summed E-state index contributed by atoms with van der Waals surface area (Å²) in [6.07, 6.45) is 1.68. The van der Waals surface area contributed by atoms with Crippen LogP contribution in [-0.2, 0) is 11.3 Å². The normalized spacial score (nSPS) is 15.3. The van der Waals surface area contributed by atoms with Gasteiger partial charge in [-0.2, -0.15) is 0 Å². The van der Waals surface area contributed by atoms with Crippen LogP contribution in [0.1, 0.15) is 11.1 Å². The van der Waals surface area contributed by atoms with E-state index in [-0.39, 0.29) is 17.6 Å². The second-order valence-corrected chi connectivity index (χ2v) is 7.66. The van der Waals surface area contributed by atoms with Gasteiger partial charge in [0.15, 0.2) is 0 Å². The number of carbonyl (C=O) groups is 2. The third kappa shape index (κ3) is 3.76. The fourth-order valence-electron chi connectivity index (χ4n) is 3.30. The van der Waals surface area contributed by atoms with E-state index in [4.69, 9.17) is 9.47 Å². The maximum Gasteiger partial charge on any atom is 0.293 e. The summed E-state index contributed by atoms with van der Waals surface area (Å²) in [5.74, 6) is 0.499. The Morgan fingerprint density at radius 2 is 1.73 bits per heavy atom. The molecule has 152 valence electrons. The zero-order valence-corrected chi connectivity index (χ0v) is 17.2. The topological polar surface area (TPSA) is 55.8 Å². The van der Waals surface area contributed by atoms with Crippen molar-refractivity contribution in [3.63, 3.8) is 0 Å². The Kier molecular flexibility index (Phi) is 5.46. The first-order valence-corrected chi connectivity index (χ1v) is 9.96. The molecule has 0 aliphatic carbocycles. The highest BCUT2D eigenvalue weighted by Crippen LogP contribution is 2.38. The Morgan fingerprint density at radius 1 is 1.00 bits per heavy atom. The van der Waals surface area contributed by atoms with Gasteiger partial charge in [0.2, 0.25) is 0 Å². The minimum absolute atomic E-state index is 0.0861. The molecule has 1 aliphatic rings. The van der Waals surface area contributed by atoms with Crippen LogP contribution in [0.5, 0.6) is 11.5 Å². The number of carbonyl (C=O) groups excluding carboxylic acids is 2. The third-order valence-electron chi connectivity index (χ3n) is 4.85. The van der Waals surface area contributed by atoms with Crippen LogP contribution >= 0.6 is 11.8 Å². The predicted octanol–water partition coefficient (Wildman–Crippen LogP) is 5.23. The maximum atomic E-state index is 13.1. The van der Waals surface area contributed by atoms with E-state index >= 15 is 0 Å². The van der Waals surface area contributed by atoms with E-state index in [0.29, 0.717) is 27.5 Å². The summed E-state index contributed by atoms with van der Waals surface area (Å²) in [5, 5.41) is 1.43. The van der Waals surface area contributed by atoms with Crippen LogP contribution in [0.4, 0.5) is 9.18 Å². The summed E-state index contributed by atoms with van der Waals surface area (Å²) in [5.41, 5.74) is 1.37. The standard InChI is InChI=1S/C23H18FNO4S/c1-28-17-9-5-15-6-10-20(29-2)19(18(15)11-17)12-21-22(26)25(23(27)30-21)13-14-3-7-16(24)8-4-14/h3-12H,13H2,1-2H3/b21-12-. The van der Waals surface area contributed by atoms with Gasteiger partial charge in [-0.25, -0.2) is 4.39 Å². The Hall–Kier alpha value is -3.32. The zero-order valence-electron chi connectivity index (χ0n) is 16.3. The second kappa shape index (κ2) is 8.20. The summed E-state index contributed by atoms with van der Waals surface area (Å²) in [4.78, 5) is 26.9. The van der Waals surface area contributed by atoms with Gasteiger partial charge in [0.25, 0.3) is 11.1 Å². The Bertz CT molecular complexity index is 1170. The Morgan fingerprint density at radius 3 is 2.43 bits per heavy atom. The fraction of sp³-hybridized carbons (Fsp3) is 0.130. The van der Waals surface area contributed by atoms with Crippen LogP contribution in [0.2, 0.25) is 0 Å². The molecule has 0 atom stereocenters. The highest BCUT2D eigenvalue weighted by molar-refractivity contribution is 8.18. The molecular formula is C23H18FNO4S. The average Bonchev–Trinajstić information content (AvgIpc) is 3.02. The van der Waals surface area contributed by atoms with Crippen LogP contribution in [-0.4, -0.2) is 30.3 Å². The SMILES string of the molecule is COc1ccc2ccc(OC)c(/C=C3\SC(=O)N(Cc4ccc(F)cc4)C3=O)c2c1. The van der Waals surface area contributed by atoms with Crippen molar-refractivity contribution < 1.29 is 23.5 Å². The molecule has 3 aromatic rings. The van der Waals surface area contributed by atoms with Gasteiger partial charge in [0.05, 0.1) is 25.7 Å². The summed E-state index contributed by atoms with van der Waals surface area (Å²) in [6, 6.07) is 15.1. The number of fused-ring (bicyclic) bond motifs is 1. The minimum atomic E-state index is -0.392. The first-order valence-electron chi connectivity index (χ1n) is 9.14. The lowest BCUT2D eigenvalue weighted by atomic mass is 10.0. The average molecular weight is 423 g/mol. The van der Waals surface area contributed by atoms with Crippen molar-refractivity contribution in [2.75, 3.05) is 14.2 Å². The molecule has 2 amide bonds. The molecule has 1 saturated heterocycles. The van der Waals surface area contributed by atoms with Crippen molar-refractivity contribution in [2.24, 2.45) is 0 Å². The van der Waals surface area contributed by atoms with Crippen LogP contribution in [0.15, 0.2) is 59.5 Å². The van der Waals surface area contributed by atoms with Gasteiger partial charge in [-0.3, -0.25) is 14.5 Å². The van der Waals surface area contributed by atoms with Crippen molar-refractivity contribution in [3.05, 3.63) is 76.4 Å². The number of ether oxygens (including phenoxy) is 2. The first kappa shape index (κ1) is 20.0. The number of hydrogen-bond donors (Lipinski definition) is 0. The molecule has 4 rings (SSSR count). The smallest absolute Gasteiger partial charge is 0.293 e. The van der Waals surface area contributed by atoms with E-state index in [1.807, 2.05) is 30.3 Å². The molecule has 0 radical (unpaired) electrons. The number of methoxy groups -OCH3 is 2. The molecule has 0 N–H and O–H groups in total. The predicted molar refractivity (Wildman–Crippen MR) is 115 cm³/mol. The zero-order chi connectivity index (χ0) is 21.3. The molecule has 0 bridgehead atoms. The highest BCUT2D eigenvalue weighted by atomic mass is 32.2. The van der Waals surface area contributed by atoms with Gasteiger partial charge in [0, 0.05) is 5.56 Å². The lowest BCUT2D eigenvalue weighted by Crippen LogP contribution is -2.27. The largest absolute Gasteiger partial charge is 0.497 e. The van der Waals surface area contributed by atoms with Gasteiger partial charge >= 0.3 is 0 Å². The van der Waals surface area contributed by atoms with Gasteiger partial charge in [-0.15, -0.1) is 0 Å². The summed E-state index contributed by atoms with van der Waals surface area (Å²) >= 11 is 0.874. The van der Waals surface area contributed by atoms with Gasteiger partial charge in [-0.1, -0.05) is 24.3 Å². The molecule has 0 unspecified atom stereocenters. The highest BCUT2D eigenvalue weighted by Gasteiger charge is 2.35. The number of nitrogens with zero attached hydrogens (tertiary/aromatic N) is 1. The Balaban J connectivity index is 1.72.